The number of carbonyl (C=O) groups excluding carboxylic acids is 2. The summed E-state index contributed by atoms with van der Waals surface area (Å²) in [5, 5.41) is 14.6. The number of ether oxygens (including phenoxy) is 3. The van der Waals surface area contributed by atoms with E-state index in [0.717, 1.165) is 4.68 Å². The highest BCUT2D eigenvalue weighted by molar-refractivity contribution is 6.24. The summed E-state index contributed by atoms with van der Waals surface area (Å²) in [7, 11) is 4.28. The number of esters is 1. The maximum absolute atomic E-state index is 13.6. The molecule has 4 rings (SSSR count). The Labute approximate surface area is 177 Å². The van der Waals surface area contributed by atoms with Crippen LogP contribution >= 0.6 is 0 Å². The van der Waals surface area contributed by atoms with Crippen LogP contribution in [0.15, 0.2) is 54.1 Å². The normalized spacial score (nSPS) is 15.0. The second-order valence-electron chi connectivity index (χ2n) is 6.55. The van der Waals surface area contributed by atoms with E-state index in [1.807, 2.05) is 0 Å². The van der Waals surface area contributed by atoms with Crippen molar-refractivity contribution in [3.63, 3.8) is 0 Å². The first-order valence-electron chi connectivity index (χ1n) is 9.28. The summed E-state index contributed by atoms with van der Waals surface area (Å²) in [4.78, 5) is 26.4. The lowest BCUT2D eigenvalue weighted by Crippen LogP contribution is -2.31. The Morgan fingerprint density at radius 1 is 1.03 bits per heavy atom. The second kappa shape index (κ2) is 8.27. The fourth-order valence-electron chi connectivity index (χ4n) is 3.45. The van der Waals surface area contributed by atoms with Crippen LogP contribution in [0.3, 0.4) is 0 Å². The van der Waals surface area contributed by atoms with Crippen LogP contribution in [0.2, 0.25) is 0 Å². The molecule has 31 heavy (non-hydrogen) atoms. The van der Waals surface area contributed by atoms with E-state index in [4.69, 9.17) is 14.2 Å². The van der Waals surface area contributed by atoms with E-state index < -0.39 is 12.0 Å². The molecule has 1 atom stereocenters. The predicted molar refractivity (Wildman–Crippen MR) is 110 cm³/mol. The van der Waals surface area contributed by atoms with Gasteiger partial charge in [0.2, 0.25) is 5.95 Å². The molecule has 0 aliphatic carbocycles. The molecule has 0 amide bonds. The lowest BCUT2D eigenvalue weighted by atomic mass is 9.89. The van der Waals surface area contributed by atoms with Crippen molar-refractivity contribution in [1.82, 2.24) is 20.2 Å². The maximum atomic E-state index is 13.6. The molecular formula is C21H19N5O5. The van der Waals surface area contributed by atoms with E-state index in [1.54, 1.807) is 55.6 Å². The van der Waals surface area contributed by atoms with E-state index in [1.165, 1.54) is 14.2 Å². The smallest absolute Gasteiger partial charge is 0.357 e. The molecule has 0 bridgehead atoms. The molecule has 0 fully saturated rings. The molecule has 0 spiro atoms. The number of nitrogens with zero attached hydrogens (tertiary/aromatic N) is 4. The Morgan fingerprint density at radius 3 is 2.48 bits per heavy atom. The van der Waals surface area contributed by atoms with Crippen LogP contribution in [-0.2, 0) is 9.53 Å². The quantitative estimate of drug-likeness (QED) is 0.472. The third-order valence-corrected chi connectivity index (χ3v) is 4.91. The minimum absolute atomic E-state index is 0.0713. The molecule has 2 heterocycles. The Balaban J connectivity index is 1.98. The van der Waals surface area contributed by atoms with Crippen LogP contribution in [0, 0.1) is 0 Å². The Kier molecular flexibility index (Phi) is 5.35. The van der Waals surface area contributed by atoms with Gasteiger partial charge in [-0.1, -0.05) is 35.4 Å². The number of anilines is 1. The van der Waals surface area contributed by atoms with Crippen molar-refractivity contribution in [1.29, 1.82) is 0 Å². The molecule has 10 heteroatoms. The number of ketones is 1. The zero-order chi connectivity index (χ0) is 22.0. The highest BCUT2D eigenvalue weighted by Gasteiger charge is 2.39. The monoisotopic (exact) mass is 421 g/mol. The van der Waals surface area contributed by atoms with Gasteiger partial charge in [0.25, 0.3) is 0 Å². The van der Waals surface area contributed by atoms with E-state index in [0.29, 0.717) is 22.6 Å². The van der Waals surface area contributed by atoms with Crippen molar-refractivity contribution in [2.45, 2.75) is 6.04 Å². The van der Waals surface area contributed by atoms with E-state index >= 15 is 0 Å². The lowest BCUT2D eigenvalue weighted by Gasteiger charge is -2.29. The Morgan fingerprint density at radius 2 is 1.81 bits per heavy atom. The molecule has 0 saturated carbocycles. The first-order chi connectivity index (χ1) is 15.1. The topological polar surface area (TPSA) is 117 Å². The molecule has 1 aliphatic rings. The summed E-state index contributed by atoms with van der Waals surface area (Å²) in [6, 6.07) is 13.0. The van der Waals surface area contributed by atoms with Crippen LogP contribution in [0.5, 0.6) is 11.5 Å². The second-order valence-corrected chi connectivity index (χ2v) is 6.55. The molecule has 1 aliphatic heterocycles. The van der Waals surface area contributed by atoms with Gasteiger partial charge in [-0.05, 0) is 22.6 Å². The summed E-state index contributed by atoms with van der Waals surface area (Å²) in [6.45, 7) is 0. The zero-order valence-electron chi connectivity index (χ0n) is 17.0. The van der Waals surface area contributed by atoms with Gasteiger partial charge in [-0.3, -0.25) is 4.79 Å². The summed E-state index contributed by atoms with van der Waals surface area (Å²) >= 11 is 0. The fourth-order valence-corrected chi connectivity index (χ4v) is 3.45. The average Bonchev–Trinajstić information content (AvgIpc) is 3.30. The van der Waals surface area contributed by atoms with Gasteiger partial charge < -0.3 is 19.5 Å². The maximum Gasteiger partial charge on any atom is 0.357 e. The number of carbonyl (C=O) groups is 2. The zero-order valence-corrected chi connectivity index (χ0v) is 17.0. The lowest BCUT2D eigenvalue weighted by molar-refractivity contribution is -0.134. The summed E-state index contributed by atoms with van der Waals surface area (Å²) in [6.07, 6.45) is 0. The molecule has 2 aromatic carbocycles. The summed E-state index contributed by atoms with van der Waals surface area (Å²) < 4.78 is 16.9. The largest absolute Gasteiger partial charge is 0.497 e. The van der Waals surface area contributed by atoms with Crippen LogP contribution in [0.1, 0.15) is 22.0 Å². The van der Waals surface area contributed by atoms with Crippen LogP contribution < -0.4 is 14.8 Å². The number of hydrogen-bond donors (Lipinski definition) is 1. The van der Waals surface area contributed by atoms with Gasteiger partial charge in [0, 0.05) is 17.2 Å². The van der Waals surface area contributed by atoms with Gasteiger partial charge in [0.1, 0.15) is 11.5 Å². The highest BCUT2D eigenvalue weighted by atomic mass is 16.5. The van der Waals surface area contributed by atoms with E-state index in [2.05, 4.69) is 20.8 Å². The van der Waals surface area contributed by atoms with Crippen molar-refractivity contribution in [2.75, 3.05) is 26.6 Å². The number of benzene rings is 2. The minimum atomic E-state index is -0.791. The summed E-state index contributed by atoms with van der Waals surface area (Å²) in [5.41, 5.74) is 1.05. The molecule has 3 aromatic rings. The average molecular weight is 421 g/mol. The molecule has 1 N–H and O–H groups in total. The van der Waals surface area contributed by atoms with Gasteiger partial charge in [-0.15, -0.1) is 0 Å². The van der Waals surface area contributed by atoms with Crippen LogP contribution in [0.4, 0.5) is 5.95 Å². The van der Waals surface area contributed by atoms with Crippen molar-refractivity contribution >= 4 is 23.4 Å². The third-order valence-electron chi connectivity index (χ3n) is 4.91. The Hall–Kier alpha value is -4.21. The minimum Gasteiger partial charge on any atom is -0.497 e. The Bertz CT molecular complexity index is 1170. The first kappa shape index (κ1) is 20.1. The van der Waals surface area contributed by atoms with E-state index in [-0.39, 0.29) is 23.0 Å². The number of aromatic nitrogens is 4. The fraction of sp³-hybridized carbons (Fsp3) is 0.190. The number of Topliss-reactive ketones (excluding diaryl/α,β-unsaturated/α-hetero) is 1. The van der Waals surface area contributed by atoms with Crippen LogP contribution in [0.25, 0.3) is 5.70 Å². The first-order valence-corrected chi connectivity index (χ1v) is 9.28. The number of tetrazole rings is 1. The number of methoxy groups -OCH3 is 3. The van der Waals surface area contributed by atoms with E-state index in [9.17, 15) is 9.59 Å². The summed E-state index contributed by atoms with van der Waals surface area (Å²) in [5.74, 6) is 0.104. The molecule has 10 nitrogen and oxygen atoms in total. The molecule has 158 valence electrons. The number of fused-ring (bicyclic) bond motifs is 1. The number of nitrogens with one attached hydrogen (secondary N) is 1. The highest BCUT2D eigenvalue weighted by Crippen LogP contribution is 2.41. The van der Waals surface area contributed by atoms with Crippen molar-refractivity contribution in [3.05, 3.63) is 65.2 Å². The third kappa shape index (κ3) is 3.48. The molecule has 1 unspecified atom stereocenters. The molecule has 0 saturated heterocycles. The van der Waals surface area contributed by atoms with Crippen molar-refractivity contribution < 1.29 is 23.8 Å². The van der Waals surface area contributed by atoms with Gasteiger partial charge in [0.05, 0.1) is 32.9 Å². The van der Waals surface area contributed by atoms with Crippen LogP contribution in [-0.4, -0.2) is 53.3 Å². The molecule has 0 radical (unpaired) electrons. The van der Waals surface area contributed by atoms with Gasteiger partial charge in [-0.25, -0.2) is 4.79 Å². The SMILES string of the molecule is COC(=O)C1=C(C(=O)c2ccccc2)C(c2ccc(OC)cc2OC)Nc2nnnn21. The number of hydrogen-bond acceptors (Lipinski definition) is 9. The van der Waals surface area contributed by atoms with Crippen molar-refractivity contribution in [2.24, 2.45) is 0 Å². The number of rotatable bonds is 6. The standard InChI is InChI=1S/C21H19N5O5/c1-29-13-9-10-14(15(11-13)30-2)17-16(19(27)12-7-5-4-6-8-12)18(20(28)31-3)26-21(22-17)23-24-25-26/h4-11,17H,1-3H3,(H,22,23,25). The molecule has 1 aromatic heterocycles. The molecular weight excluding hydrogens is 402 g/mol. The predicted octanol–water partition coefficient (Wildman–Crippen LogP) is 2.12. The van der Waals surface area contributed by atoms with Gasteiger partial charge >= 0.3 is 5.97 Å². The van der Waals surface area contributed by atoms with Crippen molar-refractivity contribution in [3.8, 4) is 11.5 Å². The van der Waals surface area contributed by atoms with Gasteiger partial charge in [-0.2, -0.15) is 4.68 Å². The van der Waals surface area contributed by atoms with Gasteiger partial charge in [0.15, 0.2) is 11.5 Å².